The number of likely N-dealkylation sites (tertiary alicyclic amines) is 1. The van der Waals surface area contributed by atoms with E-state index in [1.165, 1.54) is 0 Å². The summed E-state index contributed by atoms with van der Waals surface area (Å²) in [5, 5.41) is 0. The van der Waals surface area contributed by atoms with E-state index in [2.05, 4.69) is 0 Å². The summed E-state index contributed by atoms with van der Waals surface area (Å²) >= 11 is 0. The van der Waals surface area contributed by atoms with E-state index in [1.807, 2.05) is 35.2 Å². The molecule has 0 saturated carbocycles. The van der Waals surface area contributed by atoms with Crippen LogP contribution in [-0.4, -0.2) is 48.9 Å². The van der Waals surface area contributed by atoms with Crippen molar-refractivity contribution in [2.45, 2.75) is 24.7 Å². The smallest absolute Gasteiger partial charge is 0.253 e. The van der Waals surface area contributed by atoms with Gasteiger partial charge in [0.05, 0.1) is 12.7 Å². The van der Waals surface area contributed by atoms with Gasteiger partial charge in [-0.3, -0.25) is 4.79 Å². The van der Waals surface area contributed by atoms with E-state index < -0.39 is 5.79 Å². The van der Waals surface area contributed by atoms with E-state index in [0.717, 1.165) is 5.56 Å². The maximum absolute atomic E-state index is 12.3. The number of amides is 1. The highest BCUT2D eigenvalue weighted by Gasteiger charge is 2.44. The fourth-order valence-corrected chi connectivity index (χ4v) is 2.81. The van der Waals surface area contributed by atoms with Crippen LogP contribution in [0.1, 0.15) is 23.2 Å². The molecule has 108 valence electrons. The SMILES string of the molecule is NCC1COC2(CCN(C(=O)c3ccccc3)CC2)O1. The van der Waals surface area contributed by atoms with Crippen LogP contribution >= 0.6 is 0 Å². The molecule has 1 spiro atoms. The second-order valence-electron chi connectivity index (χ2n) is 5.36. The van der Waals surface area contributed by atoms with Crippen molar-refractivity contribution >= 4 is 5.91 Å². The highest BCUT2D eigenvalue weighted by molar-refractivity contribution is 5.94. The summed E-state index contributed by atoms with van der Waals surface area (Å²) < 4.78 is 11.7. The molecule has 2 N–H and O–H groups in total. The average molecular weight is 276 g/mol. The third-order valence-electron chi connectivity index (χ3n) is 4.01. The number of nitrogens with zero attached hydrogens (tertiary/aromatic N) is 1. The van der Waals surface area contributed by atoms with Crippen LogP contribution in [-0.2, 0) is 9.47 Å². The van der Waals surface area contributed by atoms with Crippen molar-refractivity contribution in [2.75, 3.05) is 26.2 Å². The molecule has 5 nitrogen and oxygen atoms in total. The first-order valence-electron chi connectivity index (χ1n) is 7.09. The van der Waals surface area contributed by atoms with Gasteiger partial charge in [0.25, 0.3) is 5.91 Å². The quantitative estimate of drug-likeness (QED) is 0.875. The number of hydrogen-bond donors (Lipinski definition) is 1. The Hall–Kier alpha value is -1.43. The van der Waals surface area contributed by atoms with E-state index in [1.54, 1.807) is 0 Å². The van der Waals surface area contributed by atoms with E-state index in [9.17, 15) is 4.79 Å². The van der Waals surface area contributed by atoms with Crippen LogP contribution in [0.25, 0.3) is 0 Å². The zero-order valence-corrected chi connectivity index (χ0v) is 11.5. The van der Waals surface area contributed by atoms with Gasteiger partial charge in [0.1, 0.15) is 0 Å². The van der Waals surface area contributed by atoms with Gasteiger partial charge in [-0.05, 0) is 12.1 Å². The number of ether oxygens (including phenoxy) is 2. The first kappa shape index (κ1) is 13.5. The molecule has 2 fully saturated rings. The Labute approximate surface area is 118 Å². The highest BCUT2D eigenvalue weighted by atomic mass is 16.7. The van der Waals surface area contributed by atoms with E-state index in [-0.39, 0.29) is 12.0 Å². The molecule has 0 radical (unpaired) electrons. The number of hydrogen-bond acceptors (Lipinski definition) is 4. The van der Waals surface area contributed by atoms with E-state index in [0.29, 0.717) is 39.1 Å². The molecule has 0 aromatic heterocycles. The van der Waals surface area contributed by atoms with Gasteiger partial charge >= 0.3 is 0 Å². The molecule has 1 amide bonds. The van der Waals surface area contributed by atoms with E-state index in [4.69, 9.17) is 15.2 Å². The molecule has 1 unspecified atom stereocenters. The van der Waals surface area contributed by atoms with Crippen LogP contribution in [0.4, 0.5) is 0 Å². The van der Waals surface area contributed by atoms with Gasteiger partial charge in [0.15, 0.2) is 5.79 Å². The number of carbonyl (C=O) groups excluding carboxylic acids is 1. The van der Waals surface area contributed by atoms with Crippen LogP contribution in [0.3, 0.4) is 0 Å². The summed E-state index contributed by atoms with van der Waals surface area (Å²) in [7, 11) is 0. The summed E-state index contributed by atoms with van der Waals surface area (Å²) in [5.74, 6) is -0.439. The normalized spacial score (nSPS) is 25.1. The first-order chi connectivity index (χ1) is 9.72. The fraction of sp³-hybridized carbons (Fsp3) is 0.533. The molecular formula is C15H20N2O3. The minimum atomic E-state index is -0.516. The molecule has 1 aromatic carbocycles. The Bertz CT molecular complexity index is 469. The van der Waals surface area contributed by atoms with Crippen molar-refractivity contribution in [3.8, 4) is 0 Å². The Morgan fingerprint density at radius 3 is 2.60 bits per heavy atom. The Kier molecular flexibility index (Phi) is 3.74. The van der Waals surface area contributed by atoms with Crippen LogP contribution in [0, 0.1) is 0 Å². The molecular weight excluding hydrogens is 256 g/mol. The highest BCUT2D eigenvalue weighted by Crippen LogP contribution is 2.34. The van der Waals surface area contributed by atoms with Crippen LogP contribution in [0.5, 0.6) is 0 Å². The first-order valence-corrected chi connectivity index (χ1v) is 7.09. The van der Waals surface area contributed by atoms with Crippen molar-refractivity contribution in [3.63, 3.8) is 0 Å². The number of piperidine rings is 1. The lowest BCUT2D eigenvalue weighted by atomic mass is 10.0. The Morgan fingerprint density at radius 1 is 1.30 bits per heavy atom. The molecule has 2 aliphatic rings. The lowest BCUT2D eigenvalue weighted by molar-refractivity contribution is -0.190. The summed E-state index contributed by atoms with van der Waals surface area (Å²) in [6.07, 6.45) is 1.41. The van der Waals surface area contributed by atoms with Crippen molar-refractivity contribution in [1.82, 2.24) is 4.90 Å². The molecule has 5 heteroatoms. The topological polar surface area (TPSA) is 64.8 Å². The molecule has 2 saturated heterocycles. The third-order valence-corrected chi connectivity index (χ3v) is 4.01. The Balaban J connectivity index is 1.60. The fourth-order valence-electron chi connectivity index (χ4n) is 2.81. The monoisotopic (exact) mass is 276 g/mol. The van der Waals surface area contributed by atoms with Gasteiger partial charge in [-0.25, -0.2) is 0 Å². The molecule has 0 bridgehead atoms. The largest absolute Gasteiger partial charge is 0.347 e. The summed E-state index contributed by atoms with van der Waals surface area (Å²) in [4.78, 5) is 14.2. The minimum absolute atomic E-state index is 0.00799. The van der Waals surface area contributed by atoms with Crippen molar-refractivity contribution in [3.05, 3.63) is 35.9 Å². The van der Waals surface area contributed by atoms with Crippen LogP contribution in [0.15, 0.2) is 30.3 Å². The maximum Gasteiger partial charge on any atom is 0.253 e. The predicted molar refractivity (Wildman–Crippen MR) is 74.2 cm³/mol. The zero-order valence-electron chi connectivity index (χ0n) is 11.5. The zero-order chi connectivity index (χ0) is 14.0. The maximum atomic E-state index is 12.3. The number of benzene rings is 1. The lowest BCUT2D eigenvalue weighted by Crippen LogP contribution is -2.47. The van der Waals surface area contributed by atoms with Gasteiger partial charge in [-0.15, -0.1) is 0 Å². The van der Waals surface area contributed by atoms with Crippen LogP contribution in [0.2, 0.25) is 0 Å². The van der Waals surface area contributed by atoms with Gasteiger partial charge in [0, 0.05) is 38.0 Å². The minimum Gasteiger partial charge on any atom is -0.347 e. The number of rotatable bonds is 2. The Morgan fingerprint density at radius 2 is 2.00 bits per heavy atom. The second kappa shape index (κ2) is 5.52. The molecule has 2 aliphatic heterocycles. The summed E-state index contributed by atoms with van der Waals surface area (Å²) in [5.41, 5.74) is 6.34. The number of nitrogens with two attached hydrogens (primary N) is 1. The van der Waals surface area contributed by atoms with Crippen molar-refractivity contribution in [2.24, 2.45) is 5.73 Å². The number of carbonyl (C=O) groups is 1. The lowest BCUT2D eigenvalue weighted by Gasteiger charge is -2.38. The molecule has 3 rings (SSSR count). The molecule has 1 aromatic rings. The van der Waals surface area contributed by atoms with Crippen molar-refractivity contribution in [1.29, 1.82) is 0 Å². The second-order valence-corrected chi connectivity index (χ2v) is 5.36. The molecule has 0 aliphatic carbocycles. The summed E-state index contributed by atoms with van der Waals surface area (Å²) in [6.45, 7) is 2.35. The molecule has 2 heterocycles. The van der Waals surface area contributed by atoms with Crippen molar-refractivity contribution < 1.29 is 14.3 Å². The van der Waals surface area contributed by atoms with Gasteiger partial charge < -0.3 is 20.1 Å². The predicted octanol–water partition coefficient (Wildman–Crippen LogP) is 0.993. The van der Waals surface area contributed by atoms with Gasteiger partial charge in [-0.2, -0.15) is 0 Å². The molecule has 1 atom stereocenters. The third kappa shape index (κ3) is 2.57. The van der Waals surface area contributed by atoms with Gasteiger partial charge in [-0.1, -0.05) is 18.2 Å². The average Bonchev–Trinajstić information content (AvgIpc) is 2.91. The standard InChI is InChI=1S/C15H20N2O3/c16-10-13-11-19-15(20-13)6-8-17(9-7-15)14(18)12-4-2-1-3-5-12/h1-5,13H,6-11,16H2. The van der Waals surface area contributed by atoms with Crippen LogP contribution < -0.4 is 5.73 Å². The summed E-state index contributed by atoms with van der Waals surface area (Å²) in [6, 6.07) is 9.37. The van der Waals surface area contributed by atoms with E-state index >= 15 is 0 Å². The molecule has 20 heavy (non-hydrogen) atoms. The van der Waals surface area contributed by atoms with Gasteiger partial charge in [0.2, 0.25) is 0 Å².